The van der Waals surface area contributed by atoms with E-state index in [2.05, 4.69) is 13.8 Å². The zero-order chi connectivity index (χ0) is 52.3. The number of nitrogens with zero attached hydrogens (tertiary/aromatic N) is 2. The van der Waals surface area contributed by atoms with E-state index in [9.17, 15) is 35.1 Å². The number of epoxide rings is 1. The maximum atomic E-state index is 10.5. The van der Waals surface area contributed by atoms with Crippen molar-refractivity contribution >= 4 is 12.6 Å². The topological polar surface area (TPSA) is 269 Å². The summed E-state index contributed by atoms with van der Waals surface area (Å²) in [6.07, 6.45) is -0.195. The van der Waals surface area contributed by atoms with Gasteiger partial charge in [0.25, 0.3) is 0 Å². The summed E-state index contributed by atoms with van der Waals surface area (Å²) in [7, 11) is 0. The smallest absolute Gasteiger partial charge is 0.150 e. The number of rotatable bonds is 20. The monoisotopic (exact) mass is 976 g/mol. The highest BCUT2D eigenvalue weighted by Crippen LogP contribution is 2.23. The number of aromatic hydroxyl groups is 1. The zero-order valence-corrected chi connectivity index (χ0v) is 41.7. The molecule has 0 bridgehead atoms. The number of hydrogen-bond acceptors (Lipinski definition) is 15. The van der Waals surface area contributed by atoms with E-state index in [1.807, 2.05) is 65.8 Å². The van der Waals surface area contributed by atoms with Crippen LogP contribution in [-0.4, -0.2) is 101 Å². The van der Waals surface area contributed by atoms with Crippen LogP contribution in [0.1, 0.15) is 127 Å². The summed E-state index contributed by atoms with van der Waals surface area (Å²) >= 11 is 0. The highest BCUT2D eigenvalue weighted by molar-refractivity contribution is 5.75. The molecule has 1 heterocycles. The van der Waals surface area contributed by atoms with E-state index < -0.39 is 30.5 Å². The Balaban J connectivity index is 0. The van der Waals surface area contributed by atoms with Crippen LogP contribution in [0.3, 0.4) is 0 Å². The van der Waals surface area contributed by atoms with Crippen LogP contribution in [0.5, 0.6) is 23.0 Å². The van der Waals surface area contributed by atoms with E-state index in [1.54, 1.807) is 72.8 Å². The van der Waals surface area contributed by atoms with Gasteiger partial charge in [-0.3, -0.25) is 9.59 Å². The molecule has 1 aliphatic heterocycles. The largest absolute Gasteiger partial charge is 0.508 e. The summed E-state index contributed by atoms with van der Waals surface area (Å²) in [4.78, 5) is 20.5. The number of hydrogen-bond donors (Lipinski definition) is 7. The molecule has 0 saturated carbocycles. The highest BCUT2D eigenvalue weighted by Gasteiger charge is 2.25. The SMILES string of the molecule is C.CC#N.CC(C)C(O)COc1cccc(C(O)CC#N)c1.CC(C)C(O)COc1cccc(C(O)CCN)c1.CC(C)C(O)COc1cccc(C=O)c1.CC(C)C1CO1.O=Cc1cccc(O)c1. The number of phenolic OH excluding ortho intramolecular Hbond substituents is 1. The molecule has 0 aromatic heterocycles. The Morgan fingerprint density at radius 1 is 0.643 bits per heavy atom. The molecule has 1 fully saturated rings. The van der Waals surface area contributed by atoms with Crippen molar-refractivity contribution in [3.05, 3.63) is 119 Å². The number of aliphatic hydroxyl groups excluding tert-OH is 5. The van der Waals surface area contributed by atoms with Gasteiger partial charge in [0.1, 0.15) is 55.4 Å². The molecule has 1 saturated heterocycles. The number of nitriles is 2. The molecule has 4 aromatic carbocycles. The van der Waals surface area contributed by atoms with Crippen LogP contribution in [0.25, 0.3) is 0 Å². The van der Waals surface area contributed by atoms with E-state index in [0.717, 1.165) is 24.4 Å². The number of benzene rings is 4. The summed E-state index contributed by atoms with van der Waals surface area (Å²) in [5, 5.41) is 73.0. The van der Waals surface area contributed by atoms with Crippen molar-refractivity contribution < 1.29 is 59.2 Å². The molecule has 388 valence electrons. The van der Waals surface area contributed by atoms with Crippen molar-refractivity contribution in [2.45, 2.75) is 119 Å². The standard InChI is InChI=1S/C14H23NO3.C14H19NO3.C12H16O3.C7H6O2.C5H10O.C2H3N.CH4/c2*1-10(2)14(17)9-18-12-5-3-4-11(8-12)13(16)6-7-15;1-9(2)12(14)8-15-11-5-3-4-10(6-11)7-13;8-5-6-2-1-3-7(9)4-6;1-4(2)5-3-6-5;1-2-3;/h3-5,8,10,13-14,16-17H,6-7,9,15H2,1-2H3;3-5,8,10,13-14,16-17H,6,9H2,1-2H3;3-7,9,12,14H,8H2,1-2H3;1-5,9H;4-5H,3H2,1-2H3;1H3;1H4. The first-order chi connectivity index (χ1) is 32.8. The third-order valence-corrected chi connectivity index (χ3v) is 9.88. The lowest BCUT2D eigenvalue weighted by Gasteiger charge is -2.16. The van der Waals surface area contributed by atoms with Gasteiger partial charge in [-0.25, -0.2) is 0 Å². The molecule has 6 unspecified atom stereocenters. The van der Waals surface area contributed by atoms with Crippen LogP contribution in [-0.2, 0) is 4.74 Å². The zero-order valence-electron chi connectivity index (χ0n) is 41.7. The van der Waals surface area contributed by atoms with Crippen molar-refractivity contribution in [3.63, 3.8) is 0 Å². The summed E-state index contributed by atoms with van der Waals surface area (Å²) in [5.41, 5.74) is 7.92. The molecule has 6 atom stereocenters. The molecule has 5 rings (SSSR count). The normalized spacial score (nSPS) is 14.0. The van der Waals surface area contributed by atoms with Gasteiger partial charge in [0.15, 0.2) is 0 Å². The molecule has 1 aliphatic rings. The first kappa shape index (κ1) is 66.2. The van der Waals surface area contributed by atoms with Gasteiger partial charge >= 0.3 is 0 Å². The fourth-order valence-electron chi connectivity index (χ4n) is 4.99. The minimum Gasteiger partial charge on any atom is -0.508 e. The minimum absolute atomic E-state index is 0. The lowest BCUT2D eigenvalue weighted by molar-refractivity contribution is 0.0699. The summed E-state index contributed by atoms with van der Waals surface area (Å²) in [6, 6.07) is 30.9. The van der Waals surface area contributed by atoms with Gasteiger partial charge in [0.2, 0.25) is 0 Å². The predicted molar refractivity (Wildman–Crippen MR) is 274 cm³/mol. The number of ether oxygens (including phenoxy) is 4. The van der Waals surface area contributed by atoms with Gasteiger partial charge < -0.3 is 55.3 Å². The van der Waals surface area contributed by atoms with Crippen LogP contribution in [0.15, 0.2) is 97.1 Å². The second-order valence-electron chi connectivity index (χ2n) is 17.2. The molecular formula is C55H81N3O12. The number of phenols is 1. The van der Waals surface area contributed by atoms with Gasteiger partial charge in [0, 0.05) is 18.1 Å². The van der Waals surface area contributed by atoms with Crippen LogP contribution >= 0.6 is 0 Å². The molecule has 15 nitrogen and oxygen atoms in total. The Labute approximate surface area is 417 Å². The first-order valence-electron chi connectivity index (χ1n) is 23.0. The molecule has 70 heavy (non-hydrogen) atoms. The second-order valence-corrected chi connectivity index (χ2v) is 17.2. The van der Waals surface area contributed by atoms with Crippen molar-refractivity contribution in [3.8, 4) is 35.1 Å². The highest BCUT2D eigenvalue weighted by atomic mass is 16.6. The summed E-state index contributed by atoms with van der Waals surface area (Å²) < 4.78 is 21.3. The molecule has 0 amide bonds. The van der Waals surface area contributed by atoms with E-state index in [1.165, 1.54) is 19.1 Å². The number of aliphatic hydroxyl groups is 5. The van der Waals surface area contributed by atoms with Crippen molar-refractivity contribution in [2.75, 3.05) is 33.0 Å². The minimum atomic E-state index is -0.798. The number of nitrogens with two attached hydrogens (primary N) is 1. The number of aldehydes is 2. The van der Waals surface area contributed by atoms with Crippen molar-refractivity contribution in [1.29, 1.82) is 10.5 Å². The number of carbonyl (C=O) groups is 2. The Kier molecular flexibility index (Phi) is 36.8. The van der Waals surface area contributed by atoms with Crippen LogP contribution in [0.4, 0.5) is 0 Å². The van der Waals surface area contributed by atoms with E-state index in [4.69, 9.17) is 40.3 Å². The molecule has 4 aromatic rings. The molecule has 8 N–H and O–H groups in total. The lowest BCUT2D eigenvalue weighted by Crippen LogP contribution is -2.23. The lowest BCUT2D eigenvalue weighted by atomic mass is 10.1. The Bertz CT molecular complexity index is 2060. The first-order valence-corrected chi connectivity index (χ1v) is 23.0. The van der Waals surface area contributed by atoms with Crippen molar-refractivity contribution in [2.24, 2.45) is 29.4 Å². The van der Waals surface area contributed by atoms with E-state index in [-0.39, 0.29) is 57.2 Å². The van der Waals surface area contributed by atoms with Crippen LogP contribution < -0.4 is 19.9 Å². The fraction of sp³-hybridized carbons (Fsp3) is 0.491. The third kappa shape index (κ3) is 31.3. The molecule has 0 aliphatic carbocycles. The maximum Gasteiger partial charge on any atom is 0.150 e. The average molecular weight is 976 g/mol. The number of carbonyl (C=O) groups excluding carboxylic acids is 2. The van der Waals surface area contributed by atoms with Crippen LogP contribution in [0.2, 0.25) is 0 Å². The Hall–Kier alpha value is -5.88. The van der Waals surface area contributed by atoms with E-state index >= 15 is 0 Å². The summed E-state index contributed by atoms with van der Waals surface area (Å²) in [5.74, 6) is 3.18. The maximum absolute atomic E-state index is 10.5. The van der Waals surface area contributed by atoms with E-state index in [0.29, 0.717) is 59.3 Å². The van der Waals surface area contributed by atoms with Crippen molar-refractivity contribution in [1.82, 2.24) is 0 Å². The van der Waals surface area contributed by atoms with Gasteiger partial charge in [-0.15, -0.1) is 0 Å². The fourth-order valence-corrected chi connectivity index (χ4v) is 4.99. The Morgan fingerprint density at radius 3 is 1.33 bits per heavy atom. The van der Waals surface area contributed by atoms with Gasteiger partial charge in [0.05, 0.1) is 61.8 Å². The van der Waals surface area contributed by atoms with Crippen LogP contribution in [0, 0.1) is 46.3 Å². The molecular weight excluding hydrogens is 895 g/mol. The van der Waals surface area contributed by atoms with Gasteiger partial charge in [-0.1, -0.05) is 111 Å². The van der Waals surface area contributed by atoms with Gasteiger partial charge in [-0.2, -0.15) is 10.5 Å². The second kappa shape index (κ2) is 38.9. The summed E-state index contributed by atoms with van der Waals surface area (Å²) in [6.45, 7) is 19.5. The third-order valence-electron chi connectivity index (χ3n) is 9.88. The quantitative estimate of drug-likeness (QED) is 0.0322. The molecule has 0 radical (unpaired) electrons. The van der Waals surface area contributed by atoms with Gasteiger partial charge in [-0.05, 0) is 96.3 Å². The average Bonchev–Trinajstić information content (AvgIpc) is 4.20. The Morgan fingerprint density at radius 2 is 1.01 bits per heavy atom. The molecule has 15 heteroatoms. The molecule has 0 spiro atoms. The predicted octanol–water partition coefficient (Wildman–Crippen LogP) is 8.80.